The summed E-state index contributed by atoms with van der Waals surface area (Å²) >= 11 is 2.05. The molecule has 1 aliphatic heterocycles. The van der Waals surface area contributed by atoms with Crippen molar-refractivity contribution in [1.29, 1.82) is 0 Å². The van der Waals surface area contributed by atoms with Gasteiger partial charge in [-0.2, -0.15) is 0 Å². The topological polar surface area (TPSA) is 113 Å². The summed E-state index contributed by atoms with van der Waals surface area (Å²) in [6.45, 7) is 0. The molecule has 0 radical (unpaired) electrons. The van der Waals surface area contributed by atoms with Crippen LogP contribution in [0, 0.1) is 10.1 Å². The highest BCUT2D eigenvalue weighted by molar-refractivity contribution is 8.01. The first-order chi connectivity index (χ1) is 10.5. The summed E-state index contributed by atoms with van der Waals surface area (Å²) < 4.78 is 0. The lowest BCUT2D eigenvalue weighted by Crippen LogP contribution is -2.20. The molecule has 0 unspecified atom stereocenters. The normalized spacial score (nSPS) is 16.7. The van der Waals surface area contributed by atoms with Crippen molar-refractivity contribution >= 4 is 46.4 Å². The zero-order valence-corrected chi connectivity index (χ0v) is 12.4. The second-order valence-electron chi connectivity index (χ2n) is 4.45. The second kappa shape index (κ2) is 5.43. The van der Waals surface area contributed by atoms with E-state index in [-0.39, 0.29) is 10.6 Å². The number of fused-ring (bicyclic) bond motifs is 1. The van der Waals surface area contributed by atoms with Gasteiger partial charge in [0.25, 0.3) is 5.69 Å². The first-order valence-electron chi connectivity index (χ1n) is 6.04. The maximum absolute atomic E-state index is 11.5. The molecule has 0 fully saturated rings. The Morgan fingerprint density at radius 2 is 2.00 bits per heavy atom. The van der Waals surface area contributed by atoms with Crippen LogP contribution < -0.4 is 4.87 Å². The molecule has 0 saturated heterocycles. The molecule has 9 heteroatoms. The van der Waals surface area contributed by atoms with E-state index in [1.54, 1.807) is 6.08 Å². The van der Waals surface area contributed by atoms with E-state index in [0.717, 1.165) is 23.1 Å². The van der Waals surface area contributed by atoms with Crippen LogP contribution in [0.25, 0.3) is 11.6 Å². The molecule has 0 bridgehead atoms. The number of hydrogen-bond acceptors (Lipinski definition) is 6. The lowest BCUT2D eigenvalue weighted by Gasteiger charge is -2.20. The van der Waals surface area contributed by atoms with E-state index in [0.29, 0.717) is 21.0 Å². The Kier molecular flexibility index (Phi) is 3.59. The Labute approximate surface area is 131 Å². The Morgan fingerprint density at radius 1 is 1.32 bits per heavy atom. The van der Waals surface area contributed by atoms with Gasteiger partial charge >= 0.3 is 10.8 Å². The maximum Gasteiger partial charge on any atom is 0.321 e. The molecule has 1 aliphatic rings. The van der Waals surface area contributed by atoms with Crippen molar-refractivity contribution in [3.63, 3.8) is 0 Å². The Hall–Kier alpha value is -2.39. The lowest BCUT2D eigenvalue weighted by atomic mass is 10.0. The van der Waals surface area contributed by atoms with Crippen molar-refractivity contribution in [1.82, 2.24) is 4.98 Å². The molecule has 7 nitrogen and oxygen atoms in total. The summed E-state index contributed by atoms with van der Waals surface area (Å²) in [6, 6.07) is 5.69. The fourth-order valence-electron chi connectivity index (χ4n) is 2.10. The highest BCUT2D eigenvalue weighted by Crippen LogP contribution is 2.41. The van der Waals surface area contributed by atoms with Crippen molar-refractivity contribution in [2.45, 2.75) is 10.3 Å². The van der Waals surface area contributed by atoms with Crippen LogP contribution in [0.4, 0.5) is 5.69 Å². The number of hydrogen-bond donors (Lipinski definition) is 2. The number of carboxylic acids is 1. The summed E-state index contributed by atoms with van der Waals surface area (Å²) in [6.07, 6.45) is 1.65. The second-order valence-corrected chi connectivity index (χ2v) is 6.58. The van der Waals surface area contributed by atoms with Crippen LogP contribution in [0.3, 0.4) is 0 Å². The quantitative estimate of drug-likeness (QED) is 0.657. The van der Waals surface area contributed by atoms with Gasteiger partial charge in [0, 0.05) is 12.1 Å². The molecule has 0 aliphatic carbocycles. The number of nitro groups is 1. The first-order valence-corrected chi connectivity index (χ1v) is 7.74. The number of aliphatic carboxylic acids is 1. The molecule has 2 N–H and O–H groups in total. The zero-order valence-electron chi connectivity index (χ0n) is 10.8. The van der Waals surface area contributed by atoms with Gasteiger partial charge in [-0.15, -0.1) is 0 Å². The van der Waals surface area contributed by atoms with Crippen LogP contribution in [0.2, 0.25) is 0 Å². The number of carboxylic acid groups (broad SMARTS) is 1. The summed E-state index contributed by atoms with van der Waals surface area (Å²) in [5, 5.41) is 19.7. The number of carbonyl (C=O) groups is 1. The fraction of sp³-hybridized carbons (Fsp3) is 0.0769. The summed E-state index contributed by atoms with van der Waals surface area (Å²) in [7, 11) is 0. The van der Waals surface area contributed by atoms with E-state index in [9.17, 15) is 24.8 Å². The number of rotatable bonds is 3. The number of H-pyrrole nitrogens is 1. The minimum Gasteiger partial charge on any atom is -0.480 e. The highest BCUT2D eigenvalue weighted by Gasteiger charge is 2.31. The average molecular weight is 336 g/mol. The minimum absolute atomic E-state index is 0.0633. The Morgan fingerprint density at radius 3 is 2.59 bits per heavy atom. The molecule has 1 atom stereocenters. The van der Waals surface area contributed by atoms with Crippen molar-refractivity contribution in [3.05, 3.63) is 54.5 Å². The highest BCUT2D eigenvalue weighted by atomic mass is 32.2. The van der Waals surface area contributed by atoms with Crippen molar-refractivity contribution in [2.24, 2.45) is 0 Å². The van der Waals surface area contributed by atoms with Crippen LogP contribution >= 0.6 is 23.1 Å². The number of thioether (sulfide) groups is 1. The number of thiazole rings is 1. The zero-order chi connectivity index (χ0) is 15.9. The van der Waals surface area contributed by atoms with Crippen LogP contribution in [0.5, 0.6) is 0 Å². The molecule has 22 heavy (non-hydrogen) atoms. The van der Waals surface area contributed by atoms with Gasteiger partial charge in [-0.05, 0) is 29.3 Å². The maximum atomic E-state index is 11.5. The molecule has 1 aromatic carbocycles. The largest absolute Gasteiger partial charge is 0.480 e. The van der Waals surface area contributed by atoms with Gasteiger partial charge in [-0.1, -0.05) is 23.1 Å². The summed E-state index contributed by atoms with van der Waals surface area (Å²) in [4.78, 5) is 36.1. The number of nitro benzene ring substituents is 1. The third kappa shape index (κ3) is 2.55. The molecule has 2 aromatic rings. The smallest absolute Gasteiger partial charge is 0.321 e. The predicted molar refractivity (Wildman–Crippen MR) is 83.2 cm³/mol. The Bertz CT molecular complexity index is 850. The summed E-state index contributed by atoms with van der Waals surface area (Å²) in [5.41, 5.74) is 1.03. The van der Waals surface area contributed by atoms with E-state index in [1.807, 2.05) is 0 Å². The van der Waals surface area contributed by atoms with Gasteiger partial charge in [-0.25, -0.2) is 0 Å². The van der Waals surface area contributed by atoms with E-state index >= 15 is 0 Å². The minimum atomic E-state index is -1.03. The molecular weight excluding hydrogens is 328 g/mol. The van der Waals surface area contributed by atoms with Crippen LogP contribution in [0.1, 0.15) is 10.4 Å². The fourth-order valence-corrected chi connectivity index (χ4v) is 4.11. The molecule has 0 saturated carbocycles. The number of aromatic amines is 1. The van der Waals surface area contributed by atoms with Crippen molar-refractivity contribution < 1.29 is 14.8 Å². The monoisotopic (exact) mass is 336 g/mol. The van der Waals surface area contributed by atoms with E-state index in [4.69, 9.17) is 0 Å². The standard InChI is InChI=1S/C13H8N2O5S2/c16-12(17)10-8(5-9-11(22-10)14-13(18)21-9)6-1-3-7(4-2-6)15(19)20/h1-5,10H,(H,14,18)(H,16,17)/t10-/m1/s1. The Balaban J connectivity index is 2.08. The number of nitrogens with one attached hydrogen (secondary N) is 1. The number of aromatic nitrogens is 1. The molecule has 0 amide bonds. The predicted octanol–water partition coefficient (Wildman–Crippen LogP) is 2.44. The van der Waals surface area contributed by atoms with Crippen LogP contribution in [-0.2, 0) is 4.79 Å². The van der Waals surface area contributed by atoms with E-state index in [1.165, 1.54) is 24.3 Å². The lowest BCUT2D eigenvalue weighted by molar-refractivity contribution is -0.384. The molecule has 2 heterocycles. The number of non-ortho nitro benzene ring substituents is 1. The van der Waals surface area contributed by atoms with Crippen molar-refractivity contribution in [3.8, 4) is 0 Å². The van der Waals surface area contributed by atoms with Gasteiger partial charge in [0.1, 0.15) is 5.25 Å². The third-order valence-corrected chi connectivity index (χ3v) is 5.29. The van der Waals surface area contributed by atoms with Gasteiger partial charge in [0.15, 0.2) is 0 Å². The first kappa shape index (κ1) is 14.5. The summed E-state index contributed by atoms with van der Waals surface area (Å²) in [5.74, 6) is -1.03. The molecular formula is C13H8N2O5S2. The van der Waals surface area contributed by atoms with E-state index < -0.39 is 16.1 Å². The van der Waals surface area contributed by atoms with E-state index in [2.05, 4.69) is 4.98 Å². The van der Waals surface area contributed by atoms with Gasteiger partial charge in [0.05, 0.1) is 14.8 Å². The van der Waals surface area contributed by atoms with Gasteiger partial charge < -0.3 is 10.1 Å². The molecule has 3 rings (SSSR count). The number of nitrogens with zero attached hydrogens (tertiary/aromatic N) is 1. The SMILES string of the molecule is O=C(O)[C@@H]1Sc2[nH]c(=O)sc2C=C1c1ccc([N+](=O)[O-])cc1. The van der Waals surface area contributed by atoms with Gasteiger partial charge in [0.2, 0.25) is 0 Å². The van der Waals surface area contributed by atoms with Gasteiger partial charge in [-0.3, -0.25) is 19.7 Å². The number of benzene rings is 1. The molecule has 112 valence electrons. The molecule has 0 spiro atoms. The van der Waals surface area contributed by atoms with Crippen molar-refractivity contribution in [2.75, 3.05) is 0 Å². The molecule has 1 aromatic heterocycles. The van der Waals surface area contributed by atoms with Crippen LogP contribution in [-0.4, -0.2) is 26.2 Å². The third-order valence-electron chi connectivity index (χ3n) is 3.08. The average Bonchev–Trinajstić information content (AvgIpc) is 2.85. The van der Waals surface area contributed by atoms with Crippen LogP contribution in [0.15, 0.2) is 34.1 Å².